The molecule has 132 valence electrons. The first-order chi connectivity index (χ1) is 12.1. The van der Waals surface area contributed by atoms with Crippen molar-refractivity contribution >= 4 is 0 Å². The van der Waals surface area contributed by atoms with Gasteiger partial charge in [-0.05, 0) is 43.5 Å². The van der Waals surface area contributed by atoms with E-state index in [1.165, 1.54) is 12.8 Å². The van der Waals surface area contributed by atoms with E-state index in [1.54, 1.807) is 19.2 Å². The van der Waals surface area contributed by atoms with Gasteiger partial charge in [0.15, 0.2) is 0 Å². The first kappa shape index (κ1) is 19.1. The number of hydrogen-bond donors (Lipinski definition) is 1. The molecule has 1 N–H and O–H groups in total. The van der Waals surface area contributed by atoms with Gasteiger partial charge in [-0.2, -0.15) is 0 Å². The van der Waals surface area contributed by atoms with Crippen LogP contribution in [0.3, 0.4) is 0 Å². The third kappa shape index (κ3) is 6.32. The van der Waals surface area contributed by atoms with Crippen LogP contribution in [-0.2, 0) is 6.42 Å². The SMILES string of the molecule is CCCCCCc1ccc(-c2ccc(C#CCC(C)O)cn2)cc1F. The van der Waals surface area contributed by atoms with Gasteiger partial charge in [0.25, 0.3) is 0 Å². The largest absolute Gasteiger partial charge is 0.392 e. The fourth-order valence-corrected chi connectivity index (χ4v) is 2.59. The molecule has 1 aromatic heterocycles. The van der Waals surface area contributed by atoms with E-state index in [0.29, 0.717) is 6.42 Å². The number of aliphatic hydroxyl groups is 1. The molecule has 0 spiro atoms. The molecule has 0 aliphatic heterocycles. The van der Waals surface area contributed by atoms with E-state index in [9.17, 15) is 9.50 Å². The number of nitrogens with zero attached hydrogens (tertiary/aromatic N) is 1. The lowest BCUT2D eigenvalue weighted by Gasteiger charge is -2.06. The summed E-state index contributed by atoms with van der Waals surface area (Å²) >= 11 is 0. The Labute approximate surface area is 150 Å². The summed E-state index contributed by atoms with van der Waals surface area (Å²) < 4.78 is 14.3. The van der Waals surface area contributed by atoms with E-state index in [2.05, 4.69) is 23.7 Å². The van der Waals surface area contributed by atoms with E-state index >= 15 is 0 Å². The number of aryl methyl sites for hydroxylation is 1. The van der Waals surface area contributed by atoms with Crippen LogP contribution in [0.2, 0.25) is 0 Å². The van der Waals surface area contributed by atoms with Gasteiger partial charge in [-0.3, -0.25) is 4.98 Å². The van der Waals surface area contributed by atoms with Crippen molar-refractivity contribution in [3.63, 3.8) is 0 Å². The maximum Gasteiger partial charge on any atom is 0.127 e. The lowest BCUT2D eigenvalue weighted by Crippen LogP contribution is -1.95. The Bertz CT molecular complexity index is 726. The number of unbranched alkanes of at least 4 members (excludes halogenated alkanes) is 3. The lowest BCUT2D eigenvalue weighted by atomic mass is 10.0. The number of pyridine rings is 1. The maximum atomic E-state index is 14.3. The Kier molecular flexibility index (Phi) is 7.63. The van der Waals surface area contributed by atoms with Gasteiger partial charge in [0.2, 0.25) is 0 Å². The second-order valence-electron chi connectivity index (χ2n) is 6.40. The number of aromatic nitrogens is 1. The quantitative estimate of drug-likeness (QED) is 0.560. The normalized spacial score (nSPS) is 11.7. The molecular weight excluding hydrogens is 313 g/mol. The molecule has 1 heterocycles. The molecule has 1 atom stereocenters. The van der Waals surface area contributed by atoms with Crippen LogP contribution in [-0.4, -0.2) is 16.2 Å². The Hall–Kier alpha value is -2.18. The Morgan fingerprint density at radius 3 is 2.64 bits per heavy atom. The van der Waals surface area contributed by atoms with E-state index in [-0.39, 0.29) is 5.82 Å². The summed E-state index contributed by atoms with van der Waals surface area (Å²) in [5, 5.41) is 9.20. The topological polar surface area (TPSA) is 33.1 Å². The predicted molar refractivity (Wildman–Crippen MR) is 101 cm³/mol. The summed E-state index contributed by atoms with van der Waals surface area (Å²) in [6.07, 6.45) is 7.05. The van der Waals surface area contributed by atoms with Gasteiger partial charge < -0.3 is 5.11 Å². The molecule has 1 unspecified atom stereocenters. The van der Waals surface area contributed by atoms with Crippen molar-refractivity contribution < 1.29 is 9.50 Å². The summed E-state index contributed by atoms with van der Waals surface area (Å²) in [6.45, 7) is 3.88. The third-order valence-corrected chi connectivity index (χ3v) is 4.04. The molecule has 0 saturated heterocycles. The fraction of sp³-hybridized carbons (Fsp3) is 0.409. The molecule has 0 fully saturated rings. The van der Waals surface area contributed by atoms with Crippen LogP contribution in [0.4, 0.5) is 4.39 Å². The van der Waals surface area contributed by atoms with Crippen molar-refractivity contribution in [3.8, 4) is 23.1 Å². The van der Waals surface area contributed by atoms with Gasteiger partial charge in [-0.1, -0.05) is 50.2 Å². The third-order valence-electron chi connectivity index (χ3n) is 4.04. The molecule has 25 heavy (non-hydrogen) atoms. The van der Waals surface area contributed by atoms with E-state index in [0.717, 1.165) is 41.6 Å². The van der Waals surface area contributed by atoms with Crippen LogP contribution in [0.1, 0.15) is 57.1 Å². The molecular formula is C22H26FNO. The van der Waals surface area contributed by atoms with Crippen molar-refractivity contribution in [2.45, 2.75) is 58.5 Å². The summed E-state index contributed by atoms with van der Waals surface area (Å²) in [6, 6.07) is 9.08. The number of rotatable bonds is 7. The monoisotopic (exact) mass is 339 g/mol. The molecule has 1 aromatic carbocycles. The number of hydrogen-bond acceptors (Lipinski definition) is 2. The highest BCUT2D eigenvalue weighted by molar-refractivity contribution is 5.60. The molecule has 2 aromatic rings. The summed E-state index contributed by atoms with van der Waals surface area (Å²) in [4.78, 5) is 4.37. The van der Waals surface area contributed by atoms with Crippen LogP contribution >= 0.6 is 0 Å². The van der Waals surface area contributed by atoms with Crippen LogP contribution in [0, 0.1) is 17.7 Å². The predicted octanol–water partition coefficient (Wildman–Crippen LogP) is 5.13. The van der Waals surface area contributed by atoms with Crippen molar-refractivity contribution in [3.05, 3.63) is 53.5 Å². The number of benzene rings is 1. The molecule has 0 bridgehead atoms. The molecule has 0 radical (unpaired) electrons. The minimum atomic E-state index is -0.428. The second kappa shape index (κ2) is 9.96. The van der Waals surface area contributed by atoms with Crippen molar-refractivity contribution in [1.29, 1.82) is 0 Å². The van der Waals surface area contributed by atoms with Crippen LogP contribution in [0.25, 0.3) is 11.3 Å². The molecule has 0 aliphatic carbocycles. The zero-order valence-electron chi connectivity index (χ0n) is 15.1. The Balaban J connectivity index is 2.03. The van der Waals surface area contributed by atoms with Gasteiger partial charge in [-0.15, -0.1) is 0 Å². The van der Waals surface area contributed by atoms with E-state index in [1.807, 2.05) is 24.3 Å². The minimum absolute atomic E-state index is 0.156. The second-order valence-corrected chi connectivity index (χ2v) is 6.40. The van der Waals surface area contributed by atoms with Gasteiger partial charge in [0, 0.05) is 23.7 Å². The first-order valence-corrected chi connectivity index (χ1v) is 9.02. The highest BCUT2D eigenvalue weighted by Crippen LogP contribution is 2.21. The van der Waals surface area contributed by atoms with Crippen LogP contribution < -0.4 is 0 Å². The molecule has 3 heteroatoms. The van der Waals surface area contributed by atoms with E-state index < -0.39 is 6.10 Å². The zero-order chi connectivity index (χ0) is 18.1. The van der Waals surface area contributed by atoms with Crippen molar-refractivity contribution in [1.82, 2.24) is 4.98 Å². The maximum absolute atomic E-state index is 14.3. The average Bonchev–Trinajstić information content (AvgIpc) is 2.60. The van der Waals surface area contributed by atoms with Crippen molar-refractivity contribution in [2.75, 3.05) is 0 Å². The molecule has 0 aliphatic rings. The summed E-state index contributed by atoms with van der Waals surface area (Å²) in [7, 11) is 0. The zero-order valence-corrected chi connectivity index (χ0v) is 15.1. The van der Waals surface area contributed by atoms with Crippen molar-refractivity contribution in [2.24, 2.45) is 0 Å². The smallest absolute Gasteiger partial charge is 0.127 e. The Morgan fingerprint density at radius 2 is 2.00 bits per heavy atom. The number of aliphatic hydroxyl groups excluding tert-OH is 1. The van der Waals surface area contributed by atoms with Crippen LogP contribution in [0.15, 0.2) is 36.5 Å². The Morgan fingerprint density at radius 1 is 1.16 bits per heavy atom. The minimum Gasteiger partial charge on any atom is -0.392 e. The van der Waals surface area contributed by atoms with Gasteiger partial charge >= 0.3 is 0 Å². The van der Waals surface area contributed by atoms with Gasteiger partial charge in [-0.25, -0.2) is 4.39 Å². The first-order valence-electron chi connectivity index (χ1n) is 9.02. The summed E-state index contributed by atoms with van der Waals surface area (Å²) in [5.41, 5.74) is 3.08. The van der Waals surface area contributed by atoms with Gasteiger partial charge in [0.05, 0.1) is 11.8 Å². The fourth-order valence-electron chi connectivity index (χ4n) is 2.59. The molecule has 0 saturated carbocycles. The molecule has 0 amide bonds. The molecule has 2 nitrogen and oxygen atoms in total. The van der Waals surface area contributed by atoms with E-state index in [4.69, 9.17) is 0 Å². The highest BCUT2D eigenvalue weighted by Gasteiger charge is 2.06. The number of halogens is 1. The summed E-state index contributed by atoms with van der Waals surface area (Å²) in [5.74, 6) is 5.71. The van der Waals surface area contributed by atoms with Crippen LogP contribution in [0.5, 0.6) is 0 Å². The molecule has 2 rings (SSSR count). The lowest BCUT2D eigenvalue weighted by molar-refractivity contribution is 0.201. The standard InChI is InChI=1S/C22H26FNO/c1-3-4-5-6-10-19-12-13-20(15-21(19)23)22-14-11-18(16-24-22)9-7-8-17(2)25/h11-17,25H,3-6,8,10H2,1-2H3. The highest BCUT2D eigenvalue weighted by atomic mass is 19.1. The van der Waals surface area contributed by atoms with Gasteiger partial charge in [0.1, 0.15) is 5.82 Å². The average molecular weight is 339 g/mol.